The first-order valence-electron chi connectivity index (χ1n) is 9.46. The Morgan fingerprint density at radius 3 is 2.70 bits per heavy atom. The Labute approximate surface area is 161 Å². The Bertz CT molecular complexity index is 692. The molecule has 0 unspecified atom stereocenters. The molecule has 1 aliphatic heterocycles. The first-order chi connectivity index (χ1) is 13.3. The van der Waals surface area contributed by atoms with Crippen LogP contribution in [-0.4, -0.2) is 39.6 Å². The van der Waals surface area contributed by atoms with Crippen molar-refractivity contribution in [3.8, 4) is 11.5 Å². The van der Waals surface area contributed by atoms with Crippen molar-refractivity contribution in [1.82, 2.24) is 5.32 Å². The lowest BCUT2D eigenvalue weighted by Crippen LogP contribution is -2.40. The lowest BCUT2D eigenvalue weighted by molar-refractivity contribution is -0.0537. The lowest BCUT2D eigenvalue weighted by atomic mass is 10.0. The summed E-state index contributed by atoms with van der Waals surface area (Å²) in [5.41, 5.74) is 2.32. The monoisotopic (exact) mass is 371 g/mol. The van der Waals surface area contributed by atoms with E-state index in [4.69, 9.17) is 18.9 Å². The van der Waals surface area contributed by atoms with Gasteiger partial charge >= 0.3 is 0 Å². The number of hydrogen-bond acceptors (Lipinski definition) is 5. The van der Waals surface area contributed by atoms with Crippen molar-refractivity contribution >= 4 is 0 Å². The zero-order valence-electron chi connectivity index (χ0n) is 16.1. The average molecular weight is 371 g/mol. The summed E-state index contributed by atoms with van der Waals surface area (Å²) in [6, 6.07) is 16.6. The maximum Gasteiger partial charge on any atom is 0.127 e. The van der Waals surface area contributed by atoms with Crippen molar-refractivity contribution < 1.29 is 18.9 Å². The molecule has 0 radical (unpaired) electrons. The van der Waals surface area contributed by atoms with Crippen molar-refractivity contribution in [3.63, 3.8) is 0 Å². The molecule has 27 heavy (non-hydrogen) atoms. The standard InChI is InChI=1S/C22H29NO4/c1-24-20-9-8-18(22(13-20)25-2)14-23-19-10-11-27-21(12-19)16-26-15-17-6-4-3-5-7-17/h3-9,13,19,21,23H,10-12,14-16H2,1-2H3/t19-,21+/m1/s1. The molecule has 2 aromatic rings. The molecule has 1 fully saturated rings. The van der Waals surface area contributed by atoms with Crippen molar-refractivity contribution in [2.45, 2.75) is 38.1 Å². The van der Waals surface area contributed by atoms with Gasteiger partial charge < -0.3 is 24.3 Å². The number of methoxy groups -OCH3 is 2. The molecule has 0 aromatic heterocycles. The topological polar surface area (TPSA) is 49.0 Å². The van der Waals surface area contributed by atoms with Crippen LogP contribution < -0.4 is 14.8 Å². The Kier molecular flexibility index (Phi) is 7.51. The second-order valence-electron chi connectivity index (χ2n) is 6.77. The highest BCUT2D eigenvalue weighted by molar-refractivity contribution is 5.40. The molecular formula is C22H29NO4. The molecule has 1 saturated heterocycles. The molecule has 1 N–H and O–H groups in total. The van der Waals surface area contributed by atoms with Crippen LogP contribution in [0.2, 0.25) is 0 Å². The Morgan fingerprint density at radius 2 is 1.93 bits per heavy atom. The zero-order chi connectivity index (χ0) is 18.9. The third-order valence-electron chi connectivity index (χ3n) is 4.86. The third-order valence-corrected chi connectivity index (χ3v) is 4.86. The Balaban J connectivity index is 1.44. The number of hydrogen-bond donors (Lipinski definition) is 1. The molecule has 0 amide bonds. The number of rotatable bonds is 9. The molecule has 0 spiro atoms. The van der Waals surface area contributed by atoms with Gasteiger partial charge in [0.15, 0.2) is 0 Å². The molecule has 2 atom stereocenters. The van der Waals surface area contributed by atoms with E-state index >= 15 is 0 Å². The number of ether oxygens (including phenoxy) is 4. The number of benzene rings is 2. The first-order valence-corrected chi connectivity index (χ1v) is 9.46. The average Bonchev–Trinajstić information content (AvgIpc) is 2.73. The summed E-state index contributed by atoms with van der Waals surface area (Å²) in [6.07, 6.45) is 2.10. The smallest absolute Gasteiger partial charge is 0.127 e. The summed E-state index contributed by atoms with van der Waals surface area (Å²) in [7, 11) is 3.35. The second kappa shape index (κ2) is 10.3. The minimum atomic E-state index is 0.137. The van der Waals surface area contributed by atoms with E-state index in [-0.39, 0.29) is 6.10 Å². The third kappa shape index (κ3) is 5.96. The summed E-state index contributed by atoms with van der Waals surface area (Å²) >= 11 is 0. The molecule has 5 heteroatoms. The molecular weight excluding hydrogens is 342 g/mol. The van der Waals surface area contributed by atoms with Gasteiger partial charge in [-0.05, 0) is 24.5 Å². The van der Waals surface area contributed by atoms with Crippen LogP contribution in [0.25, 0.3) is 0 Å². The fourth-order valence-electron chi connectivity index (χ4n) is 3.32. The van der Waals surface area contributed by atoms with E-state index in [0.29, 0.717) is 19.3 Å². The van der Waals surface area contributed by atoms with Gasteiger partial charge in [0.05, 0.1) is 33.5 Å². The fraction of sp³-hybridized carbons (Fsp3) is 0.455. The van der Waals surface area contributed by atoms with Gasteiger partial charge in [-0.25, -0.2) is 0 Å². The second-order valence-corrected chi connectivity index (χ2v) is 6.77. The molecule has 0 aliphatic carbocycles. The molecule has 1 aliphatic rings. The van der Waals surface area contributed by atoms with Crippen LogP contribution in [0.1, 0.15) is 24.0 Å². The molecule has 0 saturated carbocycles. The minimum Gasteiger partial charge on any atom is -0.497 e. The maximum atomic E-state index is 5.87. The summed E-state index contributed by atoms with van der Waals surface area (Å²) in [5, 5.41) is 3.63. The van der Waals surface area contributed by atoms with Crippen LogP contribution in [0.15, 0.2) is 48.5 Å². The quantitative estimate of drug-likeness (QED) is 0.730. The van der Waals surface area contributed by atoms with Gasteiger partial charge in [-0.3, -0.25) is 0 Å². The van der Waals surface area contributed by atoms with Gasteiger partial charge in [-0.2, -0.15) is 0 Å². The van der Waals surface area contributed by atoms with E-state index in [1.807, 2.05) is 36.4 Å². The fourth-order valence-corrected chi connectivity index (χ4v) is 3.32. The van der Waals surface area contributed by atoms with Gasteiger partial charge in [-0.1, -0.05) is 36.4 Å². The highest BCUT2D eigenvalue weighted by Crippen LogP contribution is 2.25. The van der Waals surface area contributed by atoms with Crippen LogP contribution in [0.3, 0.4) is 0 Å². The van der Waals surface area contributed by atoms with E-state index in [0.717, 1.165) is 43.1 Å². The van der Waals surface area contributed by atoms with E-state index in [1.54, 1.807) is 14.2 Å². The van der Waals surface area contributed by atoms with Gasteiger partial charge in [0.2, 0.25) is 0 Å². The Hall–Kier alpha value is -2.08. The minimum absolute atomic E-state index is 0.137. The van der Waals surface area contributed by atoms with Gasteiger partial charge in [0.25, 0.3) is 0 Å². The van der Waals surface area contributed by atoms with Crippen LogP contribution in [0, 0.1) is 0 Å². The summed E-state index contributed by atoms with van der Waals surface area (Å²) in [5.74, 6) is 1.65. The molecule has 5 nitrogen and oxygen atoms in total. The highest BCUT2D eigenvalue weighted by Gasteiger charge is 2.22. The summed E-state index contributed by atoms with van der Waals surface area (Å²) in [6.45, 7) is 2.77. The van der Waals surface area contributed by atoms with Crippen molar-refractivity contribution in [2.24, 2.45) is 0 Å². The maximum absolute atomic E-state index is 5.87. The lowest BCUT2D eigenvalue weighted by Gasteiger charge is -2.30. The Morgan fingerprint density at radius 1 is 1.07 bits per heavy atom. The highest BCUT2D eigenvalue weighted by atomic mass is 16.5. The van der Waals surface area contributed by atoms with E-state index in [2.05, 4.69) is 17.4 Å². The van der Waals surface area contributed by atoms with Crippen molar-refractivity contribution in [2.75, 3.05) is 27.4 Å². The molecule has 146 valence electrons. The molecule has 3 rings (SSSR count). The van der Waals surface area contributed by atoms with E-state index < -0.39 is 0 Å². The molecule has 1 heterocycles. The summed E-state index contributed by atoms with van der Waals surface area (Å²) < 4.78 is 22.5. The van der Waals surface area contributed by atoms with Gasteiger partial charge in [0.1, 0.15) is 11.5 Å². The zero-order valence-corrected chi connectivity index (χ0v) is 16.1. The first kappa shape index (κ1) is 19.7. The van der Waals surface area contributed by atoms with Crippen LogP contribution in [0.4, 0.5) is 0 Å². The molecule has 2 aromatic carbocycles. The van der Waals surface area contributed by atoms with E-state index in [9.17, 15) is 0 Å². The van der Waals surface area contributed by atoms with Crippen LogP contribution >= 0.6 is 0 Å². The van der Waals surface area contributed by atoms with Crippen molar-refractivity contribution in [1.29, 1.82) is 0 Å². The van der Waals surface area contributed by atoms with Crippen LogP contribution in [0.5, 0.6) is 11.5 Å². The predicted molar refractivity (Wildman–Crippen MR) is 105 cm³/mol. The van der Waals surface area contributed by atoms with E-state index in [1.165, 1.54) is 5.56 Å². The predicted octanol–water partition coefficient (Wildman–Crippen LogP) is 3.56. The van der Waals surface area contributed by atoms with Gasteiger partial charge in [-0.15, -0.1) is 0 Å². The SMILES string of the molecule is COc1ccc(CN[C@@H]2CCO[C@H](COCc3ccccc3)C2)c(OC)c1. The summed E-state index contributed by atoms with van der Waals surface area (Å²) in [4.78, 5) is 0. The van der Waals surface area contributed by atoms with Gasteiger partial charge in [0, 0.05) is 30.8 Å². The molecule has 0 bridgehead atoms. The van der Waals surface area contributed by atoms with Crippen LogP contribution in [-0.2, 0) is 22.6 Å². The number of nitrogens with one attached hydrogen (secondary N) is 1. The largest absolute Gasteiger partial charge is 0.497 e. The van der Waals surface area contributed by atoms with Crippen molar-refractivity contribution in [3.05, 3.63) is 59.7 Å². The normalized spacial score (nSPS) is 19.6.